The monoisotopic (exact) mass is 436 g/mol. The van der Waals surface area contributed by atoms with E-state index in [0.717, 1.165) is 73.5 Å². The van der Waals surface area contributed by atoms with Crippen LogP contribution < -0.4 is 0 Å². The van der Waals surface area contributed by atoms with Gasteiger partial charge >= 0.3 is 0 Å². The van der Waals surface area contributed by atoms with Crippen molar-refractivity contribution >= 4 is 11.6 Å². The highest BCUT2D eigenvalue weighted by molar-refractivity contribution is 5.77. The highest BCUT2D eigenvalue weighted by Gasteiger charge is 2.36. The highest BCUT2D eigenvalue weighted by Crippen LogP contribution is 2.34. The number of rotatable bonds is 5. The summed E-state index contributed by atoms with van der Waals surface area (Å²) in [5.74, 6) is 1.26. The third-order valence-corrected chi connectivity index (χ3v) is 7.32. The number of hydrogen-bond donors (Lipinski definition) is 1. The Hall–Kier alpha value is -2.74. The van der Waals surface area contributed by atoms with Crippen LogP contribution in [0.25, 0.3) is 5.65 Å². The topological polar surface area (TPSA) is 88.5 Å². The zero-order chi connectivity index (χ0) is 22.3. The molecule has 3 aromatic rings. The Morgan fingerprint density at radius 3 is 2.75 bits per heavy atom. The lowest BCUT2D eigenvalue weighted by atomic mass is 9.82. The molecule has 8 heteroatoms. The Labute approximate surface area is 188 Å². The van der Waals surface area contributed by atoms with Gasteiger partial charge in [-0.1, -0.05) is 19.3 Å². The smallest absolute Gasteiger partial charge is 0.225 e. The number of carbonyl (C=O) groups is 1. The number of fused-ring (bicyclic) bond motifs is 1. The van der Waals surface area contributed by atoms with Crippen LogP contribution >= 0.6 is 0 Å². The number of aliphatic hydroxyl groups is 1. The van der Waals surface area contributed by atoms with Gasteiger partial charge in [-0.25, -0.2) is 14.5 Å². The fourth-order valence-electron chi connectivity index (χ4n) is 5.36. The molecule has 1 atom stereocenters. The van der Waals surface area contributed by atoms with Crippen LogP contribution in [0.3, 0.4) is 0 Å². The molecule has 2 fully saturated rings. The van der Waals surface area contributed by atoms with Crippen molar-refractivity contribution in [1.82, 2.24) is 29.0 Å². The molecule has 0 aromatic carbocycles. The van der Waals surface area contributed by atoms with Gasteiger partial charge in [0.1, 0.15) is 5.82 Å². The maximum Gasteiger partial charge on any atom is 0.225 e. The normalized spacial score (nSPS) is 20.8. The van der Waals surface area contributed by atoms with Crippen LogP contribution in [0.5, 0.6) is 0 Å². The molecule has 170 valence electrons. The molecular formula is C24H32N6O2. The van der Waals surface area contributed by atoms with Crippen LogP contribution in [0, 0.1) is 13.8 Å². The second kappa shape index (κ2) is 8.31. The van der Waals surface area contributed by atoms with Gasteiger partial charge in [-0.3, -0.25) is 4.79 Å². The lowest BCUT2D eigenvalue weighted by molar-refractivity contribution is -0.136. The summed E-state index contributed by atoms with van der Waals surface area (Å²) in [6.45, 7) is 6.10. The summed E-state index contributed by atoms with van der Waals surface area (Å²) >= 11 is 0. The number of likely N-dealkylation sites (tertiary alicyclic amines) is 1. The maximum atomic E-state index is 12.9. The van der Waals surface area contributed by atoms with Crippen LogP contribution in [0.1, 0.15) is 73.6 Å². The third-order valence-electron chi connectivity index (χ3n) is 7.32. The molecule has 1 saturated carbocycles. The van der Waals surface area contributed by atoms with Crippen molar-refractivity contribution in [1.29, 1.82) is 0 Å². The molecule has 1 N–H and O–H groups in total. The molecule has 0 radical (unpaired) electrons. The average molecular weight is 437 g/mol. The summed E-state index contributed by atoms with van der Waals surface area (Å²) in [6.07, 6.45) is 11.5. The molecule has 1 aliphatic heterocycles. The summed E-state index contributed by atoms with van der Waals surface area (Å²) in [4.78, 5) is 23.8. The SMILES string of the molecule is Cc1nn2c([C@@H]3CCN(C(=O)CC4(O)CCCCC4)C3)ccnc2c1Cn1ccnc1C. The van der Waals surface area contributed by atoms with Gasteiger partial charge in [-0.15, -0.1) is 0 Å². The van der Waals surface area contributed by atoms with Gasteiger partial charge in [0.05, 0.1) is 30.0 Å². The Bertz CT molecular complexity index is 1130. The molecule has 0 spiro atoms. The van der Waals surface area contributed by atoms with Crippen molar-refractivity contribution < 1.29 is 9.90 Å². The lowest BCUT2D eigenvalue weighted by Crippen LogP contribution is -2.39. The summed E-state index contributed by atoms with van der Waals surface area (Å²) < 4.78 is 4.06. The van der Waals surface area contributed by atoms with Gasteiger partial charge in [-0.05, 0) is 39.2 Å². The third kappa shape index (κ3) is 3.92. The summed E-state index contributed by atoms with van der Waals surface area (Å²) in [7, 11) is 0. The van der Waals surface area contributed by atoms with Crippen LogP contribution in [-0.4, -0.2) is 58.8 Å². The molecule has 1 aliphatic carbocycles. The standard InChI is InChI=1S/C24H32N6O2/c1-17-20(16-28-13-11-25-18(28)2)23-26-10-6-21(30(23)27-17)19-7-12-29(15-19)22(31)14-24(32)8-4-3-5-9-24/h6,10-11,13,19,32H,3-5,7-9,12,14-16H2,1-2H3/t19-/m1/s1. The average Bonchev–Trinajstić information content (AvgIpc) is 3.48. The summed E-state index contributed by atoms with van der Waals surface area (Å²) in [5, 5.41) is 15.6. The van der Waals surface area contributed by atoms with Gasteiger partial charge in [0, 0.05) is 43.2 Å². The highest BCUT2D eigenvalue weighted by atomic mass is 16.3. The van der Waals surface area contributed by atoms with Crippen LogP contribution in [0.4, 0.5) is 0 Å². The first-order valence-electron chi connectivity index (χ1n) is 11.7. The Kier molecular flexibility index (Phi) is 5.49. The van der Waals surface area contributed by atoms with E-state index in [1.807, 2.05) is 47.9 Å². The zero-order valence-corrected chi connectivity index (χ0v) is 19.0. The fraction of sp³-hybridized carbons (Fsp3) is 0.583. The minimum absolute atomic E-state index is 0.0788. The molecule has 32 heavy (non-hydrogen) atoms. The van der Waals surface area contributed by atoms with E-state index >= 15 is 0 Å². The summed E-state index contributed by atoms with van der Waals surface area (Å²) in [6, 6.07) is 2.03. The molecule has 0 bridgehead atoms. The van der Waals surface area contributed by atoms with Crippen molar-refractivity contribution in [2.45, 2.75) is 76.9 Å². The molecule has 8 nitrogen and oxygen atoms in total. The van der Waals surface area contributed by atoms with Gasteiger partial charge in [-0.2, -0.15) is 5.10 Å². The first-order valence-corrected chi connectivity index (χ1v) is 11.7. The zero-order valence-electron chi connectivity index (χ0n) is 19.0. The van der Waals surface area contributed by atoms with Gasteiger partial charge in [0.2, 0.25) is 5.91 Å². The van der Waals surface area contributed by atoms with E-state index in [9.17, 15) is 9.90 Å². The Morgan fingerprint density at radius 2 is 2.00 bits per heavy atom. The Morgan fingerprint density at radius 1 is 1.19 bits per heavy atom. The molecule has 4 heterocycles. The van der Waals surface area contributed by atoms with Gasteiger partial charge in [0.15, 0.2) is 5.65 Å². The predicted octanol–water partition coefficient (Wildman–Crippen LogP) is 2.99. The van der Waals surface area contributed by atoms with Crippen molar-refractivity contribution in [2.24, 2.45) is 0 Å². The minimum Gasteiger partial charge on any atom is -0.389 e. The number of aromatic nitrogens is 5. The molecule has 5 rings (SSSR count). The second-order valence-corrected chi connectivity index (χ2v) is 9.56. The first kappa shape index (κ1) is 21.1. The van der Waals surface area contributed by atoms with E-state index in [1.165, 1.54) is 0 Å². The summed E-state index contributed by atoms with van der Waals surface area (Å²) in [5.41, 5.74) is 3.21. The number of nitrogens with zero attached hydrogens (tertiary/aromatic N) is 6. The second-order valence-electron chi connectivity index (χ2n) is 9.56. The quantitative estimate of drug-likeness (QED) is 0.664. The number of carbonyl (C=O) groups excluding carboxylic acids is 1. The first-order chi connectivity index (χ1) is 15.4. The molecule has 3 aromatic heterocycles. The van der Waals surface area contributed by atoms with Gasteiger partial charge < -0.3 is 14.6 Å². The number of aryl methyl sites for hydroxylation is 2. The van der Waals surface area contributed by atoms with Crippen LogP contribution in [0.2, 0.25) is 0 Å². The Balaban J connectivity index is 1.35. The number of amides is 1. The van der Waals surface area contributed by atoms with Gasteiger partial charge in [0.25, 0.3) is 0 Å². The molecule has 1 saturated heterocycles. The minimum atomic E-state index is -0.809. The molecule has 0 unspecified atom stereocenters. The van der Waals surface area contributed by atoms with E-state index in [2.05, 4.69) is 14.5 Å². The molecular weight excluding hydrogens is 404 g/mol. The van der Waals surface area contributed by atoms with Crippen LogP contribution in [0.15, 0.2) is 24.7 Å². The van der Waals surface area contributed by atoms with Crippen LogP contribution in [-0.2, 0) is 11.3 Å². The van der Waals surface area contributed by atoms with E-state index in [1.54, 1.807) is 0 Å². The molecule has 2 aliphatic rings. The van der Waals surface area contributed by atoms with E-state index in [4.69, 9.17) is 5.10 Å². The van der Waals surface area contributed by atoms with Crippen molar-refractivity contribution in [3.8, 4) is 0 Å². The number of imidazole rings is 1. The number of hydrogen-bond acceptors (Lipinski definition) is 5. The molecule has 1 amide bonds. The fourth-order valence-corrected chi connectivity index (χ4v) is 5.36. The largest absolute Gasteiger partial charge is 0.389 e. The van der Waals surface area contributed by atoms with Crippen molar-refractivity contribution in [3.63, 3.8) is 0 Å². The maximum absolute atomic E-state index is 12.9. The van der Waals surface area contributed by atoms with E-state index < -0.39 is 5.60 Å². The predicted molar refractivity (Wildman–Crippen MR) is 120 cm³/mol. The lowest BCUT2D eigenvalue weighted by Gasteiger charge is -2.32. The van der Waals surface area contributed by atoms with Crippen molar-refractivity contribution in [3.05, 3.63) is 47.4 Å². The van der Waals surface area contributed by atoms with E-state index in [0.29, 0.717) is 13.1 Å². The van der Waals surface area contributed by atoms with Crippen molar-refractivity contribution in [2.75, 3.05) is 13.1 Å². The van der Waals surface area contributed by atoms with E-state index in [-0.39, 0.29) is 18.2 Å².